The predicted molar refractivity (Wildman–Crippen MR) is 73.0 cm³/mol. The molecule has 0 unspecified atom stereocenters. The maximum Gasteiger partial charge on any atom is 0.335 e. The van der Waals surface area contributed by atoms with Crippen LogP contribution in [0.25, 0.3) is 0 Å². The summed E-state index contributed by atoms with van der Waals surface area (Å²) >= 11 is 3.23. The lowest BCUT2D eigenvalue weighted by atomic mass is 10.2. The molecule has 0 radical (unpaired) electrons. The Bertz CT molecular complexity index is 703. The van der Waals surface area contributed by atoms with Crippen LogP contribution in [0.15, 0.2) is 62.8 Å². The fraction of sp³-hybridized carbons (Fsp3) is 0. The fourth-order valence-electron chi connectivity index (χ4n) is 1.53. The Hall–Kier alpha value is -1.66. The van der Waals surface area contributed by atoms with Gasteiger partial charge < -0.3 is 5.11 Å². The van der Waals surface area contributed by atoms with Crippen molar-refractivity contribution < 1.29 is 18.3 Å². The van der Waals surface area contributed by atoms with Gasteiger partial charge in [-0.3, -0.25) is 0 Å². The van der Waals surface area contributed by atoms with Crippen LogP contribution < -0.4 is 0 Å². The van der Waals surface area contributed by atoms with Crippen molar-refractivity contribution in [3.63, 3.8) is 0 Å². The van der Waals surface area contributed by atoms with Gasteiger partial charge in [-0.1, -0.05) is 15.9 Å². The molecule has 0 spiro atoms. The van der Waals surface area contributed by atoms with Gasteiger partial charge in [-0.25, -0.2) is 13.2 Å². The Morgan fingerprint density at radius 3 is 1.74 bits per heavy atom. The van der Waals surface area contributed by atoms with E-state index in [4.69, 9.17) is 5.11 Å². The number of carboxylic acid groups (broad SMARTS) is 1. The van der Waals surface area contributed by atoms with Crippen molar-refractivity contribution in [3.8, 4) is 0 Å². The first-order valence-electron chi connectivity index (χ1n) is 5.25. The molecule has 1 N–H and O–H groups in total. The van der Waals surface area contributed by atoms with Gasteiger partial charge in [-0.05, 0) is 48.5 Å². The Balaban J connectivity index is 2.44. The zero-order chi connectivity index (χ0) is 14.0. The molecule has 0 atom stereocenters. The topological polar surface area (TPSA) is 71.4 Å². The predicted octanol–water partition coefficient (Wildman–Crippen LogP) is 2.98. The summed E-state index contributed by atoms with van der Waals surface area (Å²) in [6.45, 7) is 0. The van der Waals surface area contributed by atoms with E-state index in [1.807, 2.05) is 0 Å². The molecule has 2 rings (SSSR count). The van der Waals surface area contributed by atoms with Crippen molar-refractivity contribution in [3.05, 3.63) is 58.6 Å². The molecule has 0 saturated heterocycles. The average molecular weight is 341 g/mol. The van der Waals surface area contributed by atoms with E-state index in [-0.39, 0.29) is 15.4 Å². The maximum atomic E-state index is 12.3. The number of benzene rings is 2. The maximum absolute atomic E-state index is 12.3. The number of aromatic carboxylic acids is 1. The van der Waals surface area contributed by atoms with E-state index < -0.39 is 15.8 Å². The van der Waals surface area contributed by atoms with Crippen LogP contribution in [0.3, 0.4) is 0 Å². The van der Waals surface area contributed by atoms with Crippen molar-refractivity contribution in [1.82, 2.24) is 0 Å². The minimum atomic E-state index is -3.61. The van der Waals surface area contributed by atoms with Crippen molar-refractivity contribution in [2.24, 2.45) is 0 Å². The number of hydrogen-bond acceptors (Lipinski definition) is 3. The summed E-state index contributed by atoms with van der Waals surface area (Å²) in [6, 6.07) is 11.4. The van der Waals surface area contributed by atoms with Crippen molar-refractivity contribution in [1.29, 1.82) is 0 Å². The molecule has 0 saturated carbocycles. The molecule has 4 nitrogen and oxygen atoms in total. The molecule has 98 valence electrons. The number of hydrogen-bond donors (Lipinski definition) is 1. The molecular weight excluding hydrogens is 332 g/mol. The minimum Gasteiger partial charge on any atom is -0.478 e. The second-order valence-corrected chi connectivity index (χ2v) is 6.65. The zero-order valence-corrected chi connectivity index (χ0v) is 12.0. The van der Waals surface area contributed by atoms with E-state index in [0.717, 1.165) is 4.47 Å². The number of carboxylic acids is 1. The highest BCUT2D eigenvalue weighted by Gasteiger charge is 2.17. The highest BCUT2D eigenvalue weighted by atomic mass is 79.9. The first-order valence-corrected chi connectivity index (χ1v) is 7.53. The van der Waals surface area contributed by atoms with Crippen LogP contribution in [0.1, 0.15) is 10.4 Å². The van der Waals surface area contributed by atoms with E-state index in [1.54, 1.807) is 12.1 Å². The van der Waals surface area contributed by atoms with Crippen LogP contribution in [-0.4, -0.2) is 19.5 Å². The Morgan fingerprint density at radius 1 is 0.895 bits per heavy atom. The van der Waals surface area contributed by atoms with Crippen LogP contribution in [0, 0.1) is 0 Å². The molecule has 0 bridgehead atoms. The standard InChI is InChI=1S/C13H9BrO4S/c14-10-3-7-12(8-4-10)19(17,18)11-5-1-9(2-6-11)13(15)16/h1-8H,(H,15,16). The number of halogens is 1. The van der Waals surface area contributed by atoms with E-state index in [0.29, 0.717) is 0 Å². The van der Waals surface area contributed by atoms with Crippen LogP contribution in [0.2, 0.25) is 0 Å². The number of sulfone groups is 1. The molecule has 0 heterocycles. The molecule has 2 aromatic rings. The normalized spacial score (nSPS) is 11.2. The van der Waals surface area contributed by atoms with E-state index in [9.17, 15) is 13.2 Å². The fourth-order valence-corrected chi connectivity index (χ4v) is 3.05. The van der Waals surface area contributed by atoms with Gasteiger partial charge >= 0.3 is 5.97 Å². The quantitative estimate of drug-likeness (QED) is 0.932. The van der Waals surface area contributed by atoms with Gasteiger partial charge in [0, 0.05) is 4.47 Å². The van der Waals surface area contributed by atoms with Gasteiger partial charge in [0.15, 0.2) is 0 Å². The molecule has 6 heteroatoms. The first kappa shape index (κ1) is 13.8. The summed E-state index contributed by atoms with van der Waals surface area (Å²) in [5.41, 5.74) is 0.0507. The van der Waals surface area contributed by atoms with E-state index in [2.05, 4.69) is 15.9 Å². The smallest absolute Gasteiger partial charge is 0.335 e. The summed E-state index contributed by atoms with van der Waals surface area (Å²) < 4.78 is 25.3. The number of rotatable bonds is 3. The summed E-state index contributed by atoms with van der Waals surface area (Å²) in [7, 11) is -3.61. The second kappa shape index (κ2) is 5.14. The second-order valence-electron chi connectivity index (χ2n) is 3.79. The summed E-state index contributed by atoms with van der Waals surface area (Å²) in [4.78, 5) is 10.9. The zero-order valence-electron chi connectivity index (χ0n) is 9.58. The van der Waals surface area contributed by atoms with Gasteiger partial charge in [0.05, 0.1) is 15.4 Å². The van der Waals surface area contributed by atoms with Gasteiger partial charge in [0.1, 0.15) is 0 Å². The SMILES string of the molecule is O=C(O)c1ccc(S(=O)(=O)c2ccc(Br)cc2)cc1. The molecule has 0 fully saturated rings. The molecule has 0 aliphatic carbocycles. The lowest BCUT2D eigenvalue weighted by Gasteiger charge is -2.05. The van der Waals surface area contributed by atoms with Crippen molar-refractivity contribution >= 4 is 31.7 Å². The van der Waals surface area contributed by atoms with Crippen LogP contribution >= 0.6 is 15.9 Å². The molecular formula is C13H9BrO4S. The van der Waals surface area contributed by atoms with Crippen LogP contribution in [-0.2, 0) is 9.84 Å². The highest BCUT2D eigenvalue weighted by Crippen LogP contribution is 2.22. The third-order valence-corrected chi connectivity index (χ3v) is 4.85. The summed E-state index contributed by atoms with van der Waals surface area (Å²) in [5, 5.41) is 8.77. The minimum absolute atomic E-state index is 0.0507. The first-order chi connectivity index (χ1) is 8.91. The summed E-state index contributed by atoms with van der Waals surface area (Å²) in [6.07, 6.45) is 0. The molecule has 19 heavy (non-hydrogen) atoms. The molecule has 0 aromatic heterocycles. The van der Waals surface area contributed by atoms with Gasteiger partial charge in [0.2, 0.25) is 9.84 Å². The lowest BCUT2D eigenvalue weighted by molar-refractivity contribution is 0.0697. The Labute approximate surface area is 118 Å². The van der Waals surface area contributed by atoms with Crippen LogP contribution in [0.5, 0.6) is 0 Å². The lowest BCUT2D eigenvalue weighted by Crippen LogP contribution is -2.03. The van der Waals surface area contributed by atoms with Crippen LogP contribution in [0.4, 0.5) is 0 Å². The Morgan fingerprint density at radius 2 is 1.32 bits per heavy atom. The van der Waals surface area contributed by atoms with Gasteiger partial charge in [0.25, 0.3) is 0 Å². The molecule has 0 aliphatic rings. The summed E-state index contributed by atoms with van der Waals surface area (Å²) in [5.74, 6) is -1.09. The largest absolute Gasteiger partial charge is 0.478 e. The van der Waals surface area contributed by atoms with E-state index in [1.165, 1.54) is 36.4 Å². The van der Waals surface area contributed by atoms with Crippen molar-refractivity contribution in [2.75, 3.05) is 0 Å². The average Bonchev–Trinajstić information content (AvgIpc) is 2.39. The van der Waals surface area contributed by atoms with E-state index >= 15 is 0 Å². The van der Waals surface area contributed by atoms with Gasteiger partial charge in [-0.15, -0.1) is 0 Å². The number of carbonyl (C=O) groups is 1. The van der Waals surface area contributed by atoms with Crippen molar-refractivity contribution in [2.45, 2.75) is 9.79 Å². The third-order valence-electron chi connectivity index (χ3n) is 2.54. The molecule has 2 aromatic carbocycles. The third kappa shape index (κ3) is 2.85. The molecule has 0 aliphatic heterocycles. The monoisotopic (exact) mass is 340 g/mol. The Kier molecular flexibility index (Phi) is 3.73. The molecule has 0 amide bonds. The van der Waals surface area contributed by atoms with Gasteiger partial charge in [-0.2, -0.15) is 0 Å². The highest BCUT2D eigenvalue weighted by molar-refractivity contribution is 9.10.